The molecule has 2 rings (SSSR count). The number of nitrogens with zero attached hydrogens (tertiary/aromatic N) is 2. The Morgan fingerprint density at radius 1 is 1.19 bits per heavy atom. The first-order valence-electron chi connectivity index (χ1n) is 6.36. The molecule has 1 aromatic rings. The molecule has 21 heavy (non-hydrogen) atoms. The number of rotatable bonds is 3. The average Bonchev–Trinajstić information content (AvgIpc) is 2.66. The van der Waals surface area contributed by atoms with E-state index in [-0.39, 0.29) is 13.2 Å². The van der Waals surface area contributed by atoms with Gasteiger partial charge in [0.15, 0.2) is 0 Å². The van der Waals surface area contributed by atoms with Gasteiger partial charge in [0.1, 0.15) is 0 Å². The molecular weight excluding hydrogens is 272 g/mol. The molecule has 0 bridgehead atoms. The van der Waals surface area contributed by atoms with Gasteiger partial charge in [-0.15, -0.1) is 0 Å². The number of likely N-dealkylation sites (N-methyl/N-ethyl adjacent to an activating group) is 1. The lowest BCUT2D eigenvalue weighted by molar-refractivity contribution is -0.143. The number of aliphatic hydroxyl groups is 1. The number of carbonyl (C=O) groups is 3. The molecule has 4 amide bonds. The molecule has 1 aromatic carbocycles. The van der Waals surface area contributed by atoms with Crippen molar-refractivity contribution in [2.24, 2.45) is 0 Å². The number of amides is 4. The zero-order valence-corrected chi connectivity index (χ0v) is 11.5. The fourth-order valence-corrected chi connectivity index (χ4v) is 1.90. The summed E-state index contributed by atoms with van der Waals surface area (Å²) in [5.74, 6) is 4.03. The van der Waals surface area contributed by atoms with E-state index in [9.17, 15) is 14.4 Å². The van der Waals surface area contributed by atoms with Crippen LogP contribution in [0.2, 0.25) is 0 Å². The first-order chi connectivity index (χ1) is 10.0. The Bertz CT molecular complexity index is 657. The van der Waals surface area contributed by atoms with Crippen LogP contribution in [-0.4, -0.2) is 46.4 Å². The highest BCUT2D eigenvalue weighted by atomic mass is 16.3. The van der Waals surface area contributed by atoms with Crippen molar-refractivity contribution in [3.05, 3.63) is 35.4 Å². The number of hydrogen-bond donors (Lipinski definition) is 1. The average molecular weight is 286 g/mol. The van der Waals surface area contributed by atoms with E-state index in [1.165, 1.54) is 7.05 Å². The molecular formula is C15H14N2O4. The van der Waals surface area contributed by atoms with Gasteiger partial charge in [-0.25, -0.2) is 4.79 Å². The summed E-state index contributed by atoms with van der Waals surface area (Å²) in [4.78, 5) is 36.6. The minimum Gasteiger partial charge on any atom is -0.395 e. The minimum atomic E-state index is -0.820. The fourth-order valence-electron chi connectivity index (χ4n) is 1.90. The van der Waals surface area contributed by atoms with Crippen molar-refractivity contribution in [3.63, 3.8) is 0 Å². The van der Waals surface area contributed by atoms with Crippen LogP contribution in [0.4, 0.5) is 4.79 Å². The van der Waals surface area contributed by atoms with Gasteiger partial charge in [0.2, 0.25) is 0 Å². The van der Waals surface area contributed by atoms with E-state index < -0.39 is 17.8 Å². The Balaban J connectivity index is 2.16. The summed E-state index contributed by atoms with van der Waals surface area (Å²) < 4.78 is 0. The maximum absolute atomic E-state index is 11.8. The molecule has 0 spiro atoms. The lowest BCUT2D eigenvalue weighted by Crippen LogP contribution is -2.31. The standard InChI is InChI=1S/C15H14N2O4/c1-16-13(19)14(20)17(15(16)21)10-12-7-4-6-11(9-12)5-2-3-8-18/h4,6-7,9,18H,3,8,10H2,1H3. The SMILES string of the molecule is CN1C(=O)C(=O)N(Cc2cccc(C#CCCO)c2)C1=O. The van der Waals surface area contributed by atoms with Crippen LogP contribution in [-0.2, 0) is 16.1 Å². The van der Waals surface area contributed by atoms with Gasteiger partial charge in [0.05, 0.1) is 13.2 Å². The van der Waals surface area contributed by atoms with E-state index in [2.05, 4.69) is 11.8 Å². The van der Waals surface area contributed by atoms with E-state index in [0.717, 1.165) is 15.4 Å². The van der Waals surface area contributed by atoms with E-state index in [0.29, 0.717) is 12.0 Å². The summed E-state index contributed by atoms with van der Waals surface area (Å²) in [6.45, 7) is 0.0290. The zero-order valence-electron chi connectivity index (χ0n) is 11.5. The Kier molecular flexibility index (Phi) is 4.36. The molecule has 0 aromatic heterocycles. The molecule has 0 saturated carbocycles. The van der Waals surface area contributed by atoms with Gasteiger partial charge in [0, 0.05) is 19.0 Å². The van der Waals surface area contributed by atoms with E-state index in [1.54, 1.807) is 24.3 Å². The number of urea groups is 1. The van der Waals surface area contributed by atoms with E-state index in [4.69, 9.17) is 5.11 Å². The predicted octanol–water partition coefficient (Wildman–Crippen LogP) is 0.341. The van der Waals surface area contributed by atoms with Crippen LogP contribution < -0.4 is 0 Å². The molecule has 6 nitrogen and oxygen atoms in total. The molecule has 1 heterocycles. The molecule has 1 N–H and O–H groups in total. The lowest BCUT2D eigenvalue weighted by Gasteiger charge is -2.12. The number of aliphatic hydroxyl groups excluding tert-OH is 1. The van der Waals surface area contributed by atoms with Crippen LogP contribution in [0, 0.1) is 11.8 Å². The van der Waals surface area contributed by atoms with Crippen molar-refractivity contribution in [3.8, 4) is 11.8 Å². The van der Waals surface area contributed by atoms with Gasteiger partial charge in [-0.05, 0) is 17.7 Å². The Morgan fingerprint density at radius 3 is 2.57 bits per heavy atom. The first kappa shape index (κ1) is 14.8. The zero-order chi connectivity index (χ0) is 15.4. The second-order valence-corrected chi connectivity index (χ2v) is 4.51. The van der Waals surface area contributed by atoms with E-state index >= 15 is 0 Å². The number of hydrogen-bond acceptors (Lipinski definition) is 4. The highest BCUT2D eigenvalue weighted by molar-refractivity contribution is 6.44. The van der Waals surface area contributed by atoms with Crippen LogP contribution in [0.3, 0.4) is 0 Å². The van der Waals surface area contributed by atoms with Crippen molar-refractivity contribution in [1.29, 1.82) is 0 Å². The molecule has 0 radical (unpaired) electrons. The Labute approximate surface area is 122 Å². The van der Waals surface area contributed by atoms with Crippen LogP contribution in [0.15, 0.2) is 24.3 Å². The van der Waals surface area contributed by atoms with E-state index in [1.807, 2.05) is 0 Å². The molecule has 1 aliphatic rings. The predicted molar refractivity (Wildman–Crippen MR) is 73.7 cm³/mol. The summed E-state index contributed by atoms with van der Waals surface area (Å²) >= 11 is 0. The molecule has 0 aliphatic carbocycles. The second-order valence-electron chi connectivity index (χ2n) is 4.51. The summed E-state index contributed by atoms with van der Waals surface area (Å²) in [6, 6.07) is 6.42. The van der Waals surface area contributed by atoms with Crippen molar-refractivity contribution >= 4 is 17.8 Å². The summed E-state index contributed by atoms with van der Waals surface area (Å²) in [6.07, 6.45) is 0.382. The monoisotopic (exact) mass is 286 g/mol. The van der Waals surface area contributed by atoms with Crippen LogP contribution in [0.5, 0.6) is 0 Å². The van der Waals surface area contributed by atoms with Gasteiger partial charge in [0.25, 0.3) is 0 Å². The third-order valence-corrected chi connectivity index (χ3v) is 2.99. The Morgan fingerprint density at radius 2 is 1.95 bits per heavy atom. The third-order valence-electron chi connectivity index (χ3n) is 2.99. The highest BCUT2D eigenvalue weighted by Crippen LogP contribution is 2.15. The number of carbonyl (C=O) groups excluding carboxylic acids is 3. The van der Waals surface area contributed by atoms with Crippen molar-refractivity contribution in [2.45, 2.75) is 13.0 Å². The molecule has 0 unspecified atom stereocenters. The van der Waals surface area contributed by atoms with Gasteiger partial charge in [-0.3, -0.25) is 19.4 Å². The van der Waals surface area contributed by atoms with Crippen molar-refractivity contribution in [2.75, 3.05) is 13.7 Å². The quantitative estimate of drug-likeness (QED) is 0.494. The van der Waals surface area contributed by atoms with Crippen LogP contribution in [0.1, 0.15) is 17.5 Å². The molecule has 0 atom stereocenters. The first-order valence-corrected chi connectivity index (χ1v) is 6.36. The lowest BCUT2D eigenvalue weighted by atomic mass is 10.1. The number of imide groups is 2. The topological polar surface area (TPSA) is 77.9 Å². The summed E-state index contributed by atoms with van der Waals surface area (Å²) in [5, 5.41) is 8.68. The maximum atomic E-state index is 11.8. The maximum Gasteiger partial charge on any atom is 0.334 e. The smallest absolute Gasteiger partial charge is 0.334 e. The molecule has 1 saturated heterocycles. The van der Waals surface area contributed by atoms with Crippen molar-refractivity contribution < 1.29 is 19.5 Å². The van der Waals surface area contributed by atoms with Gasteiger partial charge < -0.3 is 5.11 Å². The highest BCUT2D eigenvalue weighted by Gasteiger charge is 2.41. The summed E-state index contributed by atoms with van der Waals surface area (Å²) in [7, 11) is 1.28. The molecule has 1 fully saturated rings. The van der Waals surface area contributed by atoms with Gasteiger partial charge in [-0.1, -0.05) is 24.0 Å². The fraction of sp³-hybridized carbons (Fsp3) is 0.267. The molecule has 108 valence electrons. The van der Waals surface area contributed by atoms with Gasteiger partial charge >= 0.3 is 17.8 Å². The largest absolute Gasteiger partial charge is 0.395 e. The molecule has 1 aliphatic heterocycles. The number of benzene rings is 1. The van der Waals surface area contributed by atoms with Gasteiger partial charge in [-0.2, -0.15) is 0 Å². The Hall–Kier alpha value is -2.65. The second kappa shape index (κ2) is 6.20. The van der Waals surface area contributed by atoms with Crippen LogP contribution >= 0.6 is 0 Å². The normalized spacial score (nSPS) is 14.5. The van der Waals surface area contributed by atoms with Crippen LogP contribution in [0.25, 0.3) is 0 Å². The third kappa shape index (κ3) is 3.09. The summed E-state index contributed by atoms with van der Waals surface area (Å²) in [5.41, 5.74) is 1.43. The minimum absolute atomic E-state index is 0.00207. The molecule has 6 heteroatoms. The van der Waals surface area contributed by atoms with Crippen molar-refractivity contribution in [1.82, 2.24) is 9.80 Å².